The average molecular weight is 225 g/mol. The van der Waals surface area contributed by atoms with E-state index < -0.39 is 6.09 Å². The lowest BCUT2D eigenvalue weighted by molar-refractivity contribution is -0.108. The number of nitrogens with zero attached hydrogens (tertiary/aromatic N) is 1. The Bertz CT molecular complexity index is 263. The molecule has 0 N–H and O–H groups in total. The summed E-state index contributed by atoms with van der Waals surface area (Å²) in [5.41, 5.74) is 0. The van der Waals surface area contributed by atoms with Crippen LogP contribution in [-0.4, -0.2) is 37.0 Å². The largest absolute Gasteiger partial charge is 0.442 e. The second kappa shape index (κ2) is 7.04. The molecule has 16 heavy (non-hydrogen) atoms. The molecule has 0 aromatic carbocycles. The van der Waals surface area contributed by atoms with E-state index in [2.05, 4.69) is 6.08 Å². The van der Waals surface area contributed by atoms with Crippen molar-refractivity contribution in [3.05, 3.63) is 12.2 Å². The molecule has 0 aromatic heterocycles. The third-order valence-electron chi connectivity index (χ3n) is 2.62. The van der Waals surface area contributed by atoms with E-state index in [4.69, 9.17) is 4.74 Å². The highest BCUT2D eigenvalue weighted by molar-refractivity contribution is 5.71. The van der Waals surface area contributed by atoms with Crippen LogP contribution in [0, 0.1) is 0 Å². The molecule has 90 valence electrons. The second-order valence-corrected chi connectivity index (χ2v) is 4.04. The van der Waals surface area contributed by atoms with Gasteiger partial charge in [0.15, 0.2) is 0 Å². The van der Waals surface area contributed by atoms with E-state index in [-0.39, 0.29) is 12.6 Å². The van der Waals surface area contributed by atoms with Crippen LogP contribution in [0.25, 0.3) is 0 Å². The summed E-state index contributed by atoms with van der Waals surface area (Å²) in [6, 6.07) is 0. The molecule has 1 aliphatic carbocycles. The SMILES string of the molecule is CN(CC=O)C(=O)OC1/C=C/CCCCC1. The summed E-state index contributed by atoms with van der Waals surface area (Å²) in [6.45, 7) is 0.0786. The molecule has 1 unspecified atom stereocenters. The topological polar surface area (TPSA) is 46.6 Å². The van der Waals surface area contributed by atoms with Gasteiger partial charge in [-0.25, -0.2) is 4.79 Å². The molecule has 4 heteroatoms. The summed E-state index contributed by atoms with van der Waals surface area (Å²) in [5, 5.41) is 0. The van der Waals surface area contributed by atoms with Gasteiger partial charge in [-0.05, 0) is 31.8 Å². The molecule has 0 saturated heterocycles. The Morgan fingerprint density at radius 1 is 1.50 bits per heavy atom. The van der Waals surface area contributed by atoms with E-state index in [9.17, 15) is 9.59 Å². The number of carbonyl (C=O) groups is 2. The van der Waals surface area contributed by atoms with Gasteiger partial charge in [-0.1, -0.05) is 12.5 Å². The summed E-state index contributed by atoms with van der Waals surface area (Å²) < 4.78 is 5.28. The monoisotopic (exact) mass is 225 g/mol. The minimum Gasteiger partial charge on any atom is -0.442 e. The van der Waals surface area contributed by atoms with Crippen LogP contribution in [-0.2, 0) is 9.53 Å². The van der Waals surface area contributed by atoms with Crippen molar-refractivity contribution in [3.63, 3.8) is 0 Å². The first-order valence-electron chi connectivity index (χ1n) is 5.76. The Kier molecular flexibility index (Phi) is 5.61. The zero-order chi connectivity index (χ0) is 11.8. The molecule has 0 radical (unpaired) electrons. The van der Waals surface area contributed by atoms with Crippen LogP contribution in [0.5, 0.6) is 0 Å². The Hall–Kier alpha value is -1.32. The molecular weight excluding hydrogens is 206 g/mol. The molecular formula is C12H19NO3. The second-order valence-electron chi connectivity index (χ2n) is 4.04. The van der Waals surface area contributed by atoms with Crippen molar-refractivity contribution in [1.82, 2.24) is 4.90 Å². The standard InChI is InChI=1S/C12H19NO3/c1-13(9-10-14)12(15)16-11-7-5-3-2-4-6-8-11/h5,7,10-11H,2-4,6,8-9H2,1H3/b7-5+. The molecule has 0 aliphatic heterocycles. The van der Waals surface area contributed by atoms with Crippen LogP contribution in [0.4, 0.5) is 4.79 Å². The van der Waals surface area contributed by atoms with E-state index in [0.29, 0.717) is 6.29 Å². The Balaban J connectivity index is 2.41. The maximum Gasteiger partial charge on any atom is 0.410 e. The number of carbonyl (C=O) groups excluding carboxylic acids is 2. The van der Waals surface area contributed by atoms with E-state index >= 15 is 0 Å². The van der Waals surface area contributed by atoms with Crippen molar-refractivity contribution < 1.29 is 14.3 Å². The number of amides is 1. The van der Waals surface area contributed by atoms with Gasteiger partial charge in [0.25, 0.3) is 0 Å². The summed E-state index contributed by atoms with van der Waals surface area (Å²) in [7, 11) is 1.56. The molecule has 1 rings (SSSR count). The van der Waals surface area contributed by atoms with Crippen LogP contribution in [0.1, 0.15) is 32.1 Å². The fourth-order valence-electron chi connectivity index (χ4n) is 1.63. The molecule has 0 bridgehead atoms. The quantitative estimate of drug-likeness (QED) is 0.546. The molecule has 4 nitrogen and oxygen atoms in total. The molecule has 0 heterocycles. The Morgan fingerprint density at radius 2 is 2.31 bits per heavy atom. The van der Waals surface area contributed by atoms with Gasteiger partial charge in [0.1, 0.15) is 12.4 Å². The highest BCUT2D eigenvalue weighted by Gasteiger charge is 2.15. The number of hydrogen-bond donors (Lipinski definition) is 0. The molecule has 0 spiro atoms. The minimum atomic E-state index is -0.428. The summed E-state index contributed by atoms with van der Waals surface area (Å²) in [5.74, 6) is 0. The van der Waals surface area contributed by atoms with E-state index in [1.54, 1.807) is 7.05 Å². The van der Waals surface area contributed by atoms with E-state index in [0.717, 1.165) is 19.3 Å². The maximum atomic E-state index is 11.5. The molecule has 1 amide bonds. The van der Waals surface area contributed by atoms with Gasteiger partial charge >= 0.3 is 6.09 Å². The zero-order valence-corrected chi connectivity index (χ0v) is 9.72. The number of ether oxygens (including phenoxy) is 1. The molecule has 1 atom stereocenters. The van der Waals surface area contributed by atoms with Crippen LogP contribution in [0.3, 0.4) is 0 Å². The van der Waals surface area contributed by atoms with Crippen molar-refractivity contribution in [2.24, 2.45) is 0 Å². The van der Waals surface area contributed by atoms with Crippen molar-refractivity contribution in [3.8, 4) is 0 Å². The number of hydrogen-bond acceptors (Lipinski definition) is 3. The maximum absolute atomic E-state index is 11.5. The third kappa shape index (κ3) is 4.47. The first-order valence-corrected chi connectivity index (χ1v) is 5.76. The highest BCUT2D eigenvalue weighted by Crippen LogP contribution is 2.14. The van der Waals surface area contributed by atoms with Crippen molar-refractivity contribution in [2.45, 2.75) is 38.2 Å². The van der Waals surface area contributed by atoms with Crippen molar-refractivity contribution in [1.29, 1.82) is 0 Å². The Morgan fingerprint density at radius 3 is 3.06 bits per heavy atom. The predicted molar refractivity (Wildman–Crippen MR) is 61.2 cm³/mol. The number of rotatable bonds is 3. The van der Waals surface area contributed by atoms with Gasteiger partial charge in [-0.15, -0.1) is 0 Å². The first-order chi connectivity index (χ1) is 7.74. The van der Waals surface area contributed by atoms with Gasteiger partial charge in [0.2, 0.25) is 0 Å². The minimum absolute atomic E-state index is 0.0786. The predicted octanol–water partition coefficient (Wildman–Crippen LogP) is 2.14. The molecule has 0 saturated carbocycles. The van der Waals surface area contributed by atoms with Crippen LogP contribution < -0.4 is 0 Å². The van der Waals surface area contributed by atoms with Gasteiger partial charge in [0.05, 0.1) is 6.54 Å². The van der Waals surface area contributed by atoms with Crippen LogP contribution >= 0.6 is 0 Å². The van der Waals surface area contributed by atoms with Crippen molar-refractivity contribution in [2.75, 3.05) is 13.6 Å². The summed E-state index contributed by atoms with van der Waals surface area (Å²) >= 11 is 0. The first kappa shape index (κ1) is 12.7. The average Bonchev–Trinajstić information content (AvgIpc) is 2.22. The third-order valence-corrected chi connectivity index (χ3v) is 2.62. The lowest BCUT2D eigenvalue weighted by Gasteiger charge is -2.20. The van der Waals surface area contributed by atoms with Gasteiger partial charge in [0, 0.05) is 7.05 Å². The fourth-order valence-corrected chi connectivity index (χ4v) is 1.63. The number of aldehydes is 1. The van der Waals surface area contributed by atoms with Gasteiger partial charge in [-0.3, -0.25) is 0 Å². The molecule has 0 fully saturated rings. The fraction of sp³-hybridized carbons (Fsp3) is 0.667. The number of likely N-dealkylation sites (N-methyl/N-ethyl adjacent to an activating group) is 1. The van der Waals surface area contributed by atoms with E-state index in [1.807, 2.05) is 6.08 Å². The van der Waals surface area contributed by atoms with Gasteiger partial charge < -0.3 is 14.4 Å². The lowest BCUT2D eigenvalue weighted by Crippen LogP contribution is -2.32. The molecule has 1 aliphatic rings. The van der Waals surface area contributed by atoms with Crippen LogP contribution in [0.15, 0.2) is 12.2 Å². The number of allylic oxidation sites excluding steroid dienone is 1. The normalized spacial score (nSPS) is 22.7. The summed E-state index contributed by atoms with van der Waals surface area (Å²) in [4.78, 5) is 23.0. The van der Waals surface area contributed by atoms with E-state index in [1.165, 1.54) is 17.7 Å². The zero-order valence-electron chi connectivity index (χ0n) is 9.72. The molecule has 0 aromatic rings. The highest BCUT2D eigenvalue weighted by atomic mass is 16.6. The summed E-state index contributed by atoms with van der Waals surface area (Å²) in [6.07, 6.45) is 9.54. The van der Waals surface area contributed by atoms with Crippen LogP contribution in [0.2, 0.25) is 0 Å². The van der Waals surface area contributed by atoms with Crippen molar-refractivity contribution >= 4 is 12.4 Å². The lowest BCUT2D eigenvalue weighted by atomic mass is 10.0. The Labute approximate surface area is 96.3 Å². The van der Waals surface area contributed by atoms with Gasteiger partial charge in [-0.2, -0.15) is 0 Å². The smallest absolute Gasteiger partial charge is 0.410 e.